The van der Waals surface area contributed by atoms with Gasteiger partial charge in [-0.1, -0.05) is 54.4 Å². The Bertz CT molecular complexity index is 1390. The third-order valence-electron chi connectivity index (χ3n) is 6.77. The number of imide groups is 1. The Morgan fingerprint density at radius 2 is 1.86 bits per heavy atom. The van der Waals surface area contributed by atoms with Crippen LogP contribution in [0.5, 0.6) is 0 Å². The first kappa shape index (κ1) is 24.9. The van der Waals surface area contributed by atoms with Crippen LogP contribution >= 0.6 is 35.0 Å². The van der Waals surface area contributed by atoms with Crippen molar-refractivity contribution in [2.24, 2.45) is 5.92 Å². The summed E-state index contributed by atoms with van der Waals surface area (Å²) in [5, 5.41) is 1.69. The van der Waals surface area contributed by atoms with Crippen molar-refractivity contribution in [3.63, 3.8) is 0 Å². The molecule has 3 amide bonds. The first-order valence-corrected chi connectivity index (χ1v) is 13.4. The van der Waals surface area contributed by atoms with E-state index in [0.717, 1.165) is 51.5 Å². The maximum Gasteiger partial charge on any atom is 0.294 e. The van der Waals surface area contributed by atoms with Gasteiger partial charge in [0.25, 0.3) is 11.1 Å². The monoisotopic (exact) mass is 541 g/mol. The molecule has 2 aliphatic rings. The molecule has 2 saturated heterocycles. The molecule has 0 spiro atoms. The van der Waals surface area contributed by atoms with Crippen molar-refractivity contribution >= 4 is 69.0 Å². The van der Waals surface area contributed by atoms with Crippen LogP contribution < -0.4 is 0 Å². The zero-order valence-electron chi connectivity index (χ0n) is 19.7. The second-order valence-electron chi connectivity index (χ2n) is 9.30. The minimum absolute atomic E-state index is 0.179. The molecule has 3 heterocycles. The van der Waals surface area contributed by atoms with Crippen LogP contribution in [0.15, 0.2) is 53.6 Å². The maximum absolute atomic E-state index is 13.1. The smallest absolute Gasteiger partial charge is 0.294 e. The molecule has 0 aliphatic carbocycles. The van der Waals surface area contributed by atoms with Gasteiger partial charge in [-0.05, 0) is 60.4 Å². The summed E-state index contributed by atoms with van der Waals surface area (Å²) in [6, 6.07) is 13.3. The molecule has 2 aliphatic heterocycles. The lowest BCUT2D eigenvalue weighted by Crippen LogP contribution is -2.45. The van der Waals surface area contributed by atoms with Crippen LogP contribution in [-0.4, -0.2) is 51.1 Å². The highest BCUT2D eigenvalue weighted by molar-refractivity contribution is 8.18. The Balaban J connectivity index is 1.39. The normalized spacial score (nSPS) is 18.1. The van der Waals surface area contributed by atoms with Gasteiger partial charge in [-0.3, -0.25) is 19.3 Å². The third-order valence-corrected chi connectivity index (χ3v) is 8.26. The van der Waals surface area contributed by atoms with E-state index >= 15 is 0 Å². The molecule has 1 aromatic heterocycles. The molecule has 2 fully saturated rings. The number of nitrogens with zero attached hydrogens (tertiary/aromatic N) is 3. The molecule has 6 nitrogen and oxygen atoms in total. The van der Waals surface area contributed by atoms with Crippen LogP contribution in [0.2, 0.25) is 10.0 Å². The number of halogens is 2. The number of aromatic nitrogens is 1. The van der Waals surface area contributed by atoms with Crippen LogP contribution in [0, 0.1) is 5.92 Å². The van der Waals surface area contributed by atoms with Crippen LogP contribution in [0.3, 0.4) is 0 Å². The summed E-state index contributed by atoms with van der Waals surface area (Å²) in [4.78, 5) is 41.6. The molecular weight excluding hydrogens is 517 g/mol. The third kappa shape index (κ3) is 5.05. The van der Waals surface area contributed by atoms with E-state index in [1.54, 1.807) is 23.1 Å². The summed E-state index contributed by atoms with van der Waals surface area (Å²) < 4.78 is 2.06. The molecule has 0 saturated carbocycles. The topological polar surface area (TPSA) is 62.6 Å². The predicted molar refractivity (Wildman–Crippen MR) is 145 cm³/mol. The molecule has 0 N–H and O–H groups in total. The lowest BCUT2D eigenvalue weighted by Gasteiger charge is -2.31. The van der Waals surface area contributed by atoms with E-state index in [-0.39, 0.29) is 12.5 Å². The second-order valence-corrected chi connectivity index (χ2v) is 11.1. The first-order valence-electron chi connectivity index (χ1n) is 11.8. The fourth-order valence-corrected chi connectivity index (χ4v) is 5.92. The summed E-state index contributed by atoms with van der Waals surface area (Å²) >= 11 is 13.3. The quantitative estimate of drug-likeness (QED) is 0.356. The number of amides is 3. The van der Waals surface area contributed by atoms with Crippen molar-refractivity contribution in [2.45, 2.75) is 26.3 Å². The van der Waals surface area contributed by atoms with Crippen molar-refractivity contribution < 1.29 is 14.4 Å². The minimum atomic E-state index is -0.429. The average molecular weight is 542 g/mol. The van der Waals surface area contributed by atoms with Crippen molar-refractivity contribution in [3.8, 4) is 0 Å². The van der Waals surface area contributed by atoms with Gasteiger partial charge in [0.2, 0.25) is 5.91 Å². The fraction of sp³-hybridized carbons (Fsp3) is 0.296. The molecule has 0 radical (unpaired) electrons. The van der Waals surface area contributed by atoms with Gasteiger partial charge in [-0.15, -0.1) is 0 Å². The molecule has 36 heavy (non-hydrogen) atoms. The molecular formula is C27H25Cl2N3O3S. The van der Waals surface area contributed by atoms with Gasteiger partial charge >= 0.3 is 0 Å². The second kappa shape index (κ2) is 10.3. The van der Waals surface area contributed by atoms with Gasteiger partial charge in [-0.2, -0.15) is 0 Å². The molecule has 2 aromatic carbocycles. The number of likely N-dealkylation sites (tertiary alicyclic amines) is 1. The number of hydrogen-bond donors (Lipinski definition) is 0. The Labute approximate surface area is 223 Å². The van der Waals surface area contributed by atoms with Crippen molar-refractivity contribution in [1.82, 2.24) is 14.4 Å². The van der Waals surface area contributed by atoms with E-state index in [1.807, 2.05) is 36.5 Å². The first-order chi connectivity index (χ1) is 17.3. The standard InChI is InChI=1S/C27H25Cl2N3O3S/c1-17-8-10-30(11-9-17)25(33)16-32-26(34)24(36-27(32)35)12-19-15-31(23-5-3-2-4-21(19)23)14-18-6-7-20(28)13-22(18)29/h2-7,12-13,15,17H,8-11,14,16H2,1H3/b24-12+. The number of para-hydroxylation sites is 1. The molecule has 5 rings (SSSR count). The van der Waals surface area contributed by atoms with Gasteiger partial charge in [0, 0.05) is 52.3 Å². The highest BCUT2D eigenvalue weighted by atomic mass is 35.5. The summed E-state index contributed by atoms with van der Waals surface area (Å²) in [7, 11) is 0. The van der Waals surface area contributed by atoms with Gasteiger partial charge in [-0.25, -0.2) is 0 Å². The Morgan fingerprint density at radius 1 is 1.11 bits per heavy atom. The highest BCUT2D eigenvalue weighted by Crippen LogP contribution is 2.35. The summed E-state index contributed by atoms with van der Waals surface area (Å²) in [6.45, 7) is 3.82. The molecule has 186 valence electrons. The van der Waals surface area contributed by atoms with Crippen LogP contribution in [-0.2, 0) is 16.1 Å². The van der Waals surface area contributed by atoms with Gasteiger partial charge in [0.05, 0.1) is 4.91 Å². The van der Waals surface area contributed by atoms with Crippen LogP contribution in [0.25, 0.3) is 17.0 Å². The molecule has 0 atom stereocenters. The van der Waals surface area contributed by atoms with Crippen molar-refractivity contribution in [3.05, 3.63) is 74.7 Å². The number of hydrogen-bond acceptors (Lipinski definition) is 4. The summed E-state index contributed by atoms with van der Waals surface area (Å²) in [5.74, 6) is -0.0183. The maximum atomic E-state index is 13.1. The Morgan fingerprint density at radius 3 is 2.61 bits per heavy atom. The number of thioether (sulfide) groups is 1. The number of benzene rings is 2. The molecule has 3 aromatic rings. The van der Waals surface area contributed by atoms with Gasteiger partial charge in [0.15, 0.2) is 0 Å². The zero-order chi connectivity index (χ0) is 25.4. The number of rotatable bonds is 5. The zero-order valence-corrected chi connectivity index (χ0v) is 22.1. The highest BCUT2D eigenvalue weighted by Gasteiger charge is 2.37. The van der Waals surface area contributed by atoms with E-state index in [4.69, 9.17) is 23.2 Å². The molecule has 9 heteroatoms. The van der Waals surface area contributed by atoms with Gasteiger partial charge < -0.3 is 9.47 Å². The number of carbonyl (C=O) groups excluding carboxylic acids is 3. The summed E-state index contributed by atoms with van der Waals surface area (Å²) in [5.41, 5.74) is 2.71. The lowest BCUT2D eigenvalue weighted by atomic mass is 9.99. The Hall–Kier alpha value is -2.74. The van der Waals surface area contributed by atoms with Crippen LogP contribution in [0.4, 0.5) is 4.79 Å². The predicted octanol–water partition coefficient (Wildman–Crippen LogP) is 6.29. The van der Waals surface area contributed by atoms with Crippen LogP contribution in [0.1, 0.15) is 30.9 Å². The van der Waals surface area contributed by atoms with E-state index in [2.05, 4.69) is 11.5 Å². The fourth-order valence-electron chi connectivity index (χ4n) is 4.63. The van der Waals surface area contributed by atoms with E-state index in [1.165, 1.54) is 0 Å². The lowest BCUT2D eigenvalue weighted by molar-refractivity contribution is -0.136. The molecule has 0 unspecified atom stereocenters. The van der Waals surface area contributed by atoms with E-state index in [9.17, 15) is 14.4 Å². The van der Waals surface area contributed by atoms with Crippen molar-refractivity contribution in [1.29, 1.82) is 0 Å². The number of carbonyl (C=O) groups is 3. The summed E-state index contributed by atoms with van der Waals surface area (Å²) in [6.07, 6.45) is 5.57. The number of piperidine rings is 1. The number of fused-ring (bicyclic) bond motifs is 1. The van der Waals surface area contributed by atoms with E-state index < -0.39 is 11.1 Å². The molecule has 0 bridgehead atoms. The van der Waals surface area contributed by atoms with Gasteiger partial charge in [0.1, 0.15) is 6.54 Å². The largest absolute Gasteiger partial charge is 0.342 e. The van der Waals surface area contributed by atoms with Crippen molar-refractivity contribution in [2.75, 3.05) is 19.6 Å². The SMILES string of the molecule is CC1CCN(C(=O)CN2C(=O)S/C(=C/c3cn(Cc4ccc(Cl)cc4Cl)c4ccccc34)C2=O)CC1. The van der Waals surface area contributed by atoms with E-state index in [0.29, 0.717) is 40.5 Å². The Kier molecular flexibility index (Phi) is 7.15. The average Bonchev–Trinajstić information content (AvgIpc) is 3.33. The minimum Gasteiger partial charge on any atom is -0.342 e.